The third-order valence-electron chi connectivity index (χ3n) is 16.9. The van der Waals surface area contributed by atoms with Gasteiger partial charge in [0, 0.05) is 14.1 Å². The molecule has 3 aliphatic carbocycles. The second-order valence-electron chi connectivity index (χ2n) is 22.0. The SMILES string of the molecule is C1CCC(CC2CCCCC2)CC1.CC.Cc1ccc(N2C(=O)c3ccc(Oc4ccc5c(c4)C(=O)N(C)C5=O)cc3C2=O)cc1.Cc1ccc(Oc2ccc(-c3ccc(N4C(=O)C5C6C(=O)N(C)C(=O)C6C5C4=O)cc3)cc2)cc1. The Kier molecular flexibility index (Phi) is 16.3. The van der Waals surface area contributed by atoms with Crippen LogP contribution >= 0.6 is 0 Å². The van der Waals surface area contributed by atoms with E-state index in [4.69, 9.17) is 9.47 Å². The highest BCUT2D eigenvalue weighted by molar-refractivity contribution is 6.34. The van der Waals surface area contributed by atoms with E-state index in [0.29, 0.717) is 34.0 Å². The molecule has 0 bridgehead atoms. The maximum Gasteiger partial charge on any atom is 0.266 e. The second kappa shape index (κ2) is 23.7. The zero-order chi connectivity index (χ0) is 57.2. The van der Waals surface area contributed by atoms with Crippen molar-refractivity contribution in [2.45, 2.75) is 98.3 Å². The van der Waals surface area contributed by atoms with E-state index in [0.717, 1.165) is 59.6 Å². The number of benzene rings is 6. The molecule has 0 radical (unpaired) electrons. The molecule has 4 heterocycles. The van der Waals surface area contributed by atoms with Gasteiger partial charge < -0.3 is 9.47 Å². The quantitative estimate of drug-likeness (QED) is 0.127. The normalized spacial score (nSPS) is 21.0. The number of fused-ring (bicyclic) bond motifs is 6. The van der Waals surface area contributed by atoms with Gasteiger partial charge in [0.15, 0.2) is 0 Å². The molecule has 0 spiro atoms. The molecule has 6 aromatic carbocycles. The highest BCUT2D eigenvalue weighted by Crippen LogP contribution is 2.57. The number of nitrogens with zero attached hydrogens (tertiary/aromatic N) is 4. The van der Waals surface area contributed by atoms with Gasteiger partial charge in [-0.15, -0.1) is 0 Å². The van der Waals surface area contributed by atoms with Crippen molar-refractivity contribution >= 4 is 58.6 Å². The molecule has 14 heteroatoms. The second-order valence-corrected chi connectivity index (χ2v) is 22.0. The molecule has 416 valence electrons. The van der Waals surface area contributed by atoms with Gasteiger partial charge >= 0.3 is 0 Å². The van der Waals surface area contributed by atoms with Crippen LogP contribution < -0.4 is 19.3 Å². The van der Waals surface area contributed by atoms with E-state index in [1.54, 1.807) is 74.6 Å². The summed E-state index contributed by atoms with van der Waals surface area (Å²) >= 11 is 0. The summed E-state index contributed by atoms with van der Waals surface area (Å²) in [5.74, 6) is -1.58. The number of hydrogen-bond donors (Lipinski definition) is 0. The van der Waals surface area contributed by atoms with Crippen LogP contribution in [-0.4, -0.2) is 71.2 Å². The first-order valence-electron chi connectivity index (χ1n) is 28.5. The molecule has 4 unspecified atom stereocenters. The van der Waals surface area contributed by atoms with Crippen LogP contribution in [-0.2, 0) is 19.2 Å². The third-order valence-corrected chi connectivity index (χ3v) is 16.9. The van der Waals surface area contributed by atoms with Gasteiger partial charge in [0.25, 0.3) is 23.6 Å². The topological polar surface area (TPSA) is 168 Å². The van der Waals surface area contributed by atoms with E-state index in [-0.39, 0.29) is 34.8 Å². The van der Waals surface area contributed by atoms with Crippen molar-refractivity contribution in [3.05, 3.63) is 167 Å². The summed E-state index contributed by atoms with van der Waals surface area (Å²) in [4.78, 5) is 105. The smallest absolute Gasteiger partial charge is 0.266 e. The van der Waals surface area contributed by atoms with Gasteiger partial charge in [0.05, 0.1) is 57.3 Å². The Morgan fingerprint density at radius 1 is 0.370 bits per heavy atom. The lowest BCUT2D eigenvalue weighted by Crippen LogP contribution is -2.50. The minimum atomic E-state index is -0.741. The first-order valence-corrected chi connectivity index (χ1v) is 28.5. The molecule has 7 aliphatic rings. The standard InChI is InChI=1S/C28H22N2O5.C24H16N2O5.C13H24.C2H6/c1-15-3-11-19(12-4-15)35-20-13-7-17(8-14-20)16-5-9-18(10-6-16)30-27(33)23-21-22(24(23)28(30)34)26(32)29(2)25(21)31;1-13-3-5-14(6-4-13)26-23(29)18-10-8-16(12-20(18)24(26)30)31-15-7-9-17-19(11-15)22(28)25(2)21(17)27;1-3-7-12(8-4-1)11-13-9-5-2-6-10-13;1-2/h3-14,21-24H,1-2H3;3-12H,1-2H3;12-13H,1-11H2;1-2H3. The van der Waals surface area contributed by atoms with Gasteiger partial charge in [-0.3, -0.25) is 53.1 Å². The number of hydrogen-bond acceptors (Lipinski definition) is 10. The van der Waals surface area contributed by atoms with Crippen LogP contribution in [0.25, 0.3) is 11.1 Å². The Hall–Kier alpha value is -8.52. The fourth-order valence-corrected chi connectivity index (χ4v) is 12.5. The lowest BCUT2D eigenvalue weighted by atomic mass is 9.59. The van der Waals surface area contributed by atoms with Crippen LogP contribution in [0.1, 0.15) is 137 Å². The number of imide groups is 4. The van der Waals surface area contributed by atoms with E-state index in [1.807, 2.05) is 100 Å². The molecule has 4 aliphatic heterocycles. The van der Waals surface area contributed by atoms with Crippen LogP contribution in [0.3, 0.4) is 0 Å². The average Bonchev–Trinajstić information content (AvgIpc) is 4.11. The monoisotopic (exact) mass is 1090 g/mol. The molecule has 14 nitrogen and oxygen atoms in total. The predicted molar refractivity (Wildman–Crippen MR) is 308 cm³/mol. The average molecular weight is 1090 g/mol. The van der Waals surface area contributed by atoms with Crippen molar-refractivity contribution in [3.8, 4) is 34.1 Å². The van der Waals surface area contributed by atoms with E-state index in [1.165, 1.54) is 76.4 Å². The molecule has 3 saturated carbocycles. The van der Waals surface area contributed by atoms with Crippen molar-refractivity contribution < 1.29 is 47.8 Å². The number of amides is 8. The van der Waals surface area contributed by atoms with Crippen LogP contribution in [0.4, 0.5) is 11.4 Å². The zero-order valence-corrected chi connectivity index (χ0v) is 46.8. The molecule has 2 saturated heterocycles. The Bertz CT molecular complexity index is 3360. The summed E-state index contributed by atoms with van der Waals surface area (Å²) in [7, 11) is 2.83. The summed E-state index contributed by atoms with van der Waals surface area (Å²) in [5.41, 5.74) is 6.15. The Morgan fingerprint density at radius 2 is 0.716 bits per heavy atom. The summed E-state index contributed by atoms with van der Waals surface area (Å²) < 4.78 is 11.7. The maximum atomic E-state index is 13.0. The molecule has 5 fully saturated rings. The minimum absolute atomic E-state index is 0.246. The lowest BCUT2D eigenvalue weighted by Gasteiger charge is -2.36. The number of rotatable bonds is 9. The molecule has 81 heavy (non-hydrogen) atoms. The maximum absolute atomic E-state index is 13.0. The fourth-order valence-electron chi connectivity index (χ4n) is 12.5. The molecular formula is C67H68N4O10. The summed E-state index contributed by atoms with van der Waals surface area (Å²) in [6.45, 7) is 7.95. The third kappa shape index (κ3) is 11.0. The highest BCUT2D eigenvalue weighted by atomic mass is 16.5. The Balaban J connectivity index is 0.000000146. The van der Waals surface area contributed by atoms with Gasteiger partial charge in [-0.2, -0.15) is 0 Å². The molecule has 8 amide bonds. The molecule has 13 rings (SSSR count). The lowest BCUT2D eigenvalue weighted by molar-refractivity contribution is -0.146. The van der Waals surface area contributed by atoms with Gasteiger partial charge in [0.2, 0.25) is 23.6 Å². The van der Waals surface area contributed by atoms with Crippen molar-refractivity contribution in [1.82, 2.24) is 9.80 Å². The van der Waals surface area contributed by atoms with E-state index >= 15 is 0 Å². The van der Waals surface area contributed by atoms with E-state index in [9.17, 15) is 38.4 Å². The molecule has 0 aromatic heterocycles. The number of ether oxygens (including phenoxy) is 2. The van der Waals surface area contributed by atoms with Crippen molar-refractivity contribution in [1.29, 1.82) is 0 Å². The van der Waals surface area contributed by atoms with Crippen molar-refractivity contribution in [3.63, 3.8) is 0 Å². The van der Waals surface area contributed by atoms with Gasteiger partial charge in [-0.25, -0.2) is 4.90 Å². The number of anilines is 2. The van der Waals surface area contributed by atoms with E-state index in [2.05, 4.69) is 0 Å². The number of carbonyl (C=O) groups excluding carboxylic acids is 8. The first kappa shape index (κ1) is 55.8. The predicted octanol–water partition coefficient (Wildman–Crippen LogP) is 13.2. The Labute approximate surface area is 473 Å². The van der Waals surface area contributed by atoms with Gasteiger partial charge in [0.1, 0.15) is 23.0 Å². The van der Waals surface area contributed by atoms with Crippen LogP contribution in [0.2, 0.25) is 0 Å². The van der Waals surface area contributed by atoms with Crippen molar-refractivity contribution in [2.75, 3.05) is 23.9 Å². The van der Waals surface area contributed by atoms with Gasteiger partial charge in [-0.1, -0.05) is 138 Å². The largest absolute Gasteiger partial charge is 0.457 e. The summed E-state index contributed by atoms with van der Waals surface area (Å²) in [5, 5.41) is 0. The molecular weight excluding hydrogens is 1020 g/mol. The van der Waals surface area contributed by atoms with Crippen LogP contribution in [0, 0.1) is 49.4 Å². The molecule has 4 atom stereocenters. The highest BCUT2D eigenvalue weighted by Gasteiger charge is 2.73. The van der Waals surface area contributed by atoms with E-state index < -0.39 is 47.3 Å². The fraction of sp³-hybridized carbons (Fsp3) is 0.343. The summed E-state index contributed by atoms with van der Waals surface area (Å²) in [6, 6.07) is 39.0. The zero-order valence-electron chi connectivity index (χ0n) is 46.8. The van der Waals surface area contributed by atoms with Crippen molar-refractivity contribution in [2.24, 2.45) is 35.5 Å². The van der Waals surface area contributed by atoms with Crippen LogP contribution in [0.15, 0.2) is 133 Å². The number of likely N-dealkylation sites (tertiary alicyclic amines) is 1. The minimum Gasteiger partial charge on any atom is -0.457 e. The summed E-state index contributed by atoms with van der Waals surface area (Å²) in [6.07, 6.45) is 16.9. The number of carbonyl (C=O) groups is 8. The van der Waals surface area contributed by atoms with Crippen LogP contribution in [0.5, 0.6) is 23.0 Å². The molecule has 0 N–H and O–H groups in total. The van der Waals surface area contributed by atoms with Gasteiger partial charge in [-0.05, 0) is 128 Å². The first-order chi connectivity index (χ1) is 39.1. The Morgan fingerprint density at radius 3 is 1.21 bits per heavy atom. The number of aryl methyl sites for hydroxylation is 2. The molecule has 6 aromatic rings.